The van der Waals surface area contributed by atoms with E-state index in [1.807, 2.05) is 13.8 Å². The summed E-state index contributed by atoms with van der Waals surface area (Å²) in [5.74, 6) is -0.251. The van der Waals surface area contributed by atoms with Crippen molar-refractivity contribution in [2.24, 2.45) is 5.73 Å². The lowest BCUT2D eigenvalue weighted by atomic mass is 9.94. The Bertz CT molecular complexity index is 656. The zero-order valence-electron chi connectivity index (χ0n) is 13.6. The monoisotopic (exact) mass is 313 g/mol. The first-order valence-electron chi connectivity index (χ1n) is 7.83. The third-order valence-electron chi connectivity index (χ3n) is 4.28. The molecule has 0 unspecified atom stereocenters. The number of ketones is 1. The molecule has 0 aliphatic rings. The van der Waals surface area contributed by atoms with E-state index in [4.69, 9.17) is 5.73 Å². The van der Waals surface area contributed by atoms with Crippen molar-refractivity contribution in [1.82, 2.24) is 10.3 Å². The average molecular weight is 313 g/mol. The van der Waals surface area contributed by atoms with Gasteiger partial charge in [0, 0.05) is 41.2 Å². The molecule has 23 heavy (non-hydrogen) atoms. The van der Waals surface area contributed by atoms with Gasteiger partial charge in [-0.15, -0.1) is 0 Å². The van der Waals surface area contributed by atoms with E-state index in [1.54, 1.807) is 42.7 Å². The Labute approximate surface area is 136 Å². The maximum atomic E-state index is 12.2. The Morgan fingerprint density at radius 1 is 1.04 bits per heavy atom. The SMILES string of the molecule is CCC(N)(CC)CNC(=O)c1ccc(C(=O)c2cc[nH]c2)cc1. The lowest BCUT2D eigenvalue weighted by Crippen LogP contribution is -2.49. The second-order valence-corrected chi connectivity index (χ2v) is 5.76. The third-order valence-corrected chi connectivity index (χ3v) is 4.28. The summed E-state index contributed by atoms with van der Waals surface area (Å²) >= 11 is 0. The van der Waals surface area contributed by atoms with Gasteiger partial charge in [0.05, 0.1) is 0 Å². The van der Waals surface area contributed by atoms with E-state index in [2.05, 4.69) is 10.3 Å². The summed E-state index contributed by atoms with van der Waals surface area (Å²) in [6.07, 6.45) is 4.95. The van der Waals surface area contributed by atoms with Crippen LogP contribution in [0.1, 0.15) is 53.0 Å². The molecule has 0 fully saturated rings. The van der Waals surface area contributed by atoms with Crippen LogP contribution in [0.15, 0.2) is 42.7 Å². The molecule has 122 valence electrons. The topological polar surface area (TPSA) is 88.0 Å². The summed E-state index contributed by atoms with van der Waals surface area (Å²) in [6, 6.07) is 8.37. The van der Waals surface area contributed by atoms with Crippen molar-refractivity contribution >= 4 is 11.7 Å². The van der Waals surface area contributed by atoms with Gasteiger partial charge in [-0.05, 0) is 31.0 Å². The molecule has 4 N–H and O–H groups in total. The van der Waals surface area contributed by atoms with E-state index in [0.717, 1.165) is 12.8 Å². The lowest BCUT2D eigenvalue weighted by Gasteiger charge is -2.26. The van der Waals surface area contributed by atoms with Crippen LogP contribution in [-0.4, -0.2) is 28.8 Å². The maximum Gasteiger partial charge on any atom is 0.251 e. The summed E-state index contributed by atoms with van der Waals surface area (Å²) in [5, 5.41) is 2.86. The largest absolute Gasteiger partial charge is 0.367 e. The van der Waals surface area contributed by atoms with E-state index >= 15 is 0 Å². The van der Waals surface area contributed by atoms with Crippen LogP contribution >= 0.6 is 0 Å². The Morgan fingerprint density at radius 2 is 1.65 bits per heavy atom. The van der Waals surface area contributed by atoms with Crippen LogP contribution in [0.4, 0.5) is 0 Å². The first kappa shape index (κ1) is 17.0. The Kier molecular flexibility index (Phi) is 5.34. The van der Waals surface area contributed by atoms with Crippen molar-refractivity contribution in [3.63, 3.8) is 0 Å². The average Bonchev–Trinajstić information content (AvgIpc) is 3.13. The molecule has 1 amide bonds. The number of carbonyl (C=O) groups excluding carboxylic acids is 2. The van der Waals surface area contributed by atoms with E-state index in [-0.39, 0.29) is 17.2 Å². The predicted molar refractivity (Wildman–Crippen MR) is 90.5 cm³/mol. The smallest absolute Gasteiger partial charge is 0.251 e. The summed E-state index contributed by atoms with van der Waals surface area (Å²) in [7, 11) is 0. The van der Waals surface area contributed by atoms with Crippen LogP contribution in [0.2, 0.25) is 0 Å². The summed E-state index contributed by atoms with van der Waals surface area (Å²) in [4.78, 5) is 27.2. The molecule has 0 atom stereocenters. The van der Waals surface area contributed by atoms with Crippen LogP contribution in [0.5, 0.6) is 0 Å². The molecular formula is C18H23N3O2. The van der Waals surface area contributed by atoms with Gasteiger partial charge in [0.25, 0.3) is 5.91 Å². The zero-order chi connectivity index (χ0) is 16.9. The molecule has 0 bridgehead atoms. The van der Waals surface area contributed by atoms with Crippen LogP contribution < -0.4 is 11.1 Å². The number of carbonyl (C=O) groups is 2. The highest BCUT2D eigenvalue weighted by Crippen LogP contribution is 2.12. The first-order valence-corrected chi connectivity index (χ1v) is 7.83. The number of hydrogen-bond donors (Lipinski definition) is 3. The van der Waals surface area contributed by atoms with Crippen LogP contribution in [0.25, 0.3) is 0 Å². The van der Waals surface area contributed by atoms with Crippen molar-refractivity contribution in [1.29, 1.82) is 0 Å². The molecule has 0 saturated heterocycles. The van der Waals surface area contributed by atoms with Gasteiger partial charge in [-0.1, -0.05) is 26.0 Å². The summed E-state index contributed by atoms with van der Waals surface area (Å²) in [5.41, 5.74) is 7.47. The van der Waals surface area contributed by atoms with Crippen molar-refractivity contribution in [2.45, 2.75) is 32.2 Å². The maximum absolute atomic E-state index is 12.2. The van der Waals surface area contributed by atoms with Crippen molar-refractivity contribution in [3.8, 4) is 0 Å². The zero-order valence-corrected chi connectivity index (χ0v) is 13.6. The van der Waals surface area contributed by atoms with E-state index in [1.165, 1.54) is 0 Å². The standard InChI is InChI=1S/C18H23N3O2/c1-3-18(19,4-2)12-21-17(23)14-7-5-13(6-8-14)16(22)15-9-10-20-11-15/h5-11,20H,3-4,12,19H2,1-2H3,(H,21,23). The second kappa shape index (κ2) is 7.24. The molecule has 5 heteroatoms. The molecule has 2 rings (SSSR count). The highest BCUT2D eigenvalue weighted by atomic mass is 16.1. The van der Waals surface area contributed by atoms with Gasteiger partial charge in [-0.25, -0.2) is 0 Å². The number of benzene rings is 1. The first-order chi connectivity index (χ1) is 11.0. The molecule has 1 heterocycles. The predicted octanol–water partition coefficient (Wildman–Crippen LogP) is 2.49. The van der Waals surface area contributed by atoms with Crippen molar-refractivity contribution < 1.29 is 9.59 Å². The van der Waals surface area contributed by atoms with Gasteiger partial charge in [-0.2, -0.15) is 0 Å². The molecule has 0 saturated carbocycles. The van der Waals surface area contributed by atoms with Gasteiger partial charge < -0.3 is 16.0 Å². The number of nitrogens with one attached hydrogen (secondary N) is 2. The van der Waals surface area contributed by atoms with Crippen molar-refractivity contribution in [2.75, 3.05) is 6.54 Å². The van der Waals surface area contributed by atoms with Crippen molar-refractivity contribution in [3.05, 3.63) is 59.4 Å². The highest BCUT2D eigenvalue weighted by Gasteiger charge is 2.21. The number of aromatic nitrogens is 1. The van der Waals surface area contributed by atoms with Gasteiger partial charge in [0.15, 0.2) is 5.78 Å². The molecule has 0 aliphatic carbocycles. The molecule has 0 radical (unpaired) electrons. The van der Waals surface area contributed by atoms with E-state index in [0.29, 0.717) is 23.2 Å². The summed E-state index contributed by atoms with van der Waals surface area (Å²) in [6.45, 7) is 4.46. The third kappa shape index (κ3) is 4.07. The molecule has 1 aromatic heterocycles. The number of hydrogen-bond acceptors (Lipinski definition) is 3. The quantitative estimate of drug-likeness (QED) is 0.686. The number of aromatic amines is 1. The fraction of sp³-hybridized carbons (Fsp3) is 0.333. The molecule has 5 nitrogen and oxygen atoms in total. The molecule has 0 spiro atoms. The number of nitrogens with two attached hydrogens (primary N) is 1. The normalized spacial score (nSPS) is 11.3. The minimum Gasteiger partial charge on any atom is -0.367 e. The minimum atomic E-state index is -0.375. The Hall–Kier alpha value is -2.40. The van der Waals surface area contributed by atoms with Crippen LogP contribution in [-0.2, 0) is 0 Å². The van der Waals surface area contributed by atoms with Crippen LogP contribution in [0.3, 0.4) is 0 Å². The van der Waals surface area contributed by atoms with Gasteiger partial charge >= 0.3 is 0 Å². The van der Waals surface area contributed by atoms with E-state index in [9.17, 15) is 9.59 Å². The molecular weight excluding hydrogens is 290 g/mol. The highest BCUT2D eigenvalue weighted by molar-refractivity contribution is 6.09. The molecule has 0 aliphatic heterocycles. The van der Waals surface area contributed by atoms with E-state index < -0.39 is 0 Å². The van der Waals surface area contributed by atoms with Gasteiger partial charge in [0.1, 0.15) is 0 Å². The lowest BCUT2D eigenvalue weighted by molar-refractivity contribution is 0.0941. The molecule has 2 aromatic rings. The number of amides is 1. The number of H-pyrrole nitrogens is 1. The Morgan fingerprint density at radius 3 is 2.17 bits per heavy atom. The fourth-order valence-corrected chi connectivity index (χ4v) is 2.26. The van der Waals surface area contributed by atoms with Gasteiger partial charge in [-0.3, -0.25) is 9.59 Å². The second-order valence-electron chi connectivity index (χ2n) is 5.76. The minimum absolute atomic E-state index is 0.0730. The number of rotatable bonds is 7. The molecule has 1 aromatic carbocycles. The van der Waals surface area contributed by atoms with Crippen LogP contribution in [0, 0.1) is 0 Å². The fourth-order valence-electron chi connectivity index (χ4n) is 2.26. The summed E-state index contributed by atoms with van der Waals surface area (Å²) < 4.78 is 0. The Balaban J connectivity index is 2.02. The van der Waals surface area contributed by atoms with Gasteiger partial charge in [0.2, 0.25) is 0 Å².